The third-order valence-corrected chi connectivity index (χ3v) is 4.12. The first-order valence-corrected chi connectivity index (χ1v) is 6.69. The van der Waals surface area contributed by atoms with Crippen LogP contribution in [0.25, 0.3) is 0 Å². The summed E-state index contributed by atoms with van der Waals surface area (Å²) in [7, 11) is -3.75. The van der Waals surface area contributed by atoms with Gasteiger partial charge in [0.05, 0.1) is 11.6 Å². The van der Waals surface area contributed by atoms with Crippen LogP contribution in [0, 0.1) is 0 Å². The van der Waals surface area contributed by atoms with E-state index in [-0.39, 0.29) is 21.5 Å². The molecule has 1 rings (SSSR count). The van der Waals surface area contributed by atoms with Crippen molar-refractivity contribution in [1.29, 1.82) is 0 Å². The van der Waals surface area contributed by atoms with Gasteiger partial charge in [-0.05, 0) is 25.1 Å². The Kier molecular flexibility index (Phi) is 4.58. The van der Waals surface area contributed by atoms with Gasteiger partial charge < -0.3 is 5.11 Å². The van der Waals surface area contributed by atoms with E-state index in [9.17, 15) is 8.42 Å². The van der Waals surface area contributed by atoms with E-state index in [2.05, 4.69) is 4.72 Å². The molecule has 0 heterocycles. The van der Waals surface area contributed by atoms with Crippen LogP contribution in [-0.2, 0) is 10.0 Å². The molecule has 90 valence electrons. The van der Waals surface area contributed by atoms with E-state index in [4.69, 9.17) is 28.3 Å². The minimum Gasteiger partial charge on any atom is -0.395 e. The molecule has 2 N–H and O–H groups in total. The summed E-state index contributed by atoms with van der Waals surface area (Å²) in [5.74, 6) is 0. The number of rotatable bonds is 4. The summed E-state index contributed by atoms with van der Waals surface area (Å²) in [6.45, 7) is 1.24. The topological polar surface area (TPSA) is 66.4 Å². The molecule has 1 atom stereocenters. The average molecular weight is 284 g/mol. The van der Waals surface area contributed by atoms with Crippen molar-refractivity contribution in [2.45, 2.75) is 17.9 Å². The van der Waals surface area contributed by atoms with Crippen LogP contribution < -0.4 is 4.72 Å². The Balaban J connectivity index is 3.12. The smallest absolute Gasteiger partial charge is 0.242 e. The summed E-state index contributed by atoms with van der Waals surface area (Å²) < 4.78 is 25.9. The second kappa shape index (κ2) is 5.33. The van der Waals surface area contributed by atoms with Crippen LogP contribution >= 0.6 is 23.2 Å². The second-order valence-electron chi connectivity index (χ2n) is 3.28. The number of nitrogens with one attached hydrogen (secondary N) is 1. The number of aliphatic hydroxyl groups excluding tert-OH is 1. The number of aliphatic hydroxyl groups is 1. The van der Waals surface area contributed by atoms with Crippen LogP contribution in [0.1, 0.15) is 6.92 Å². The fourth-order valence-corrected chi connectivity index (χ4v) is 3.05. The number of halogens is 2. The number of hydrogen-bond donors (Lipinski definition) is 2. The Morgan fingerprint density at radius 2 is 2.06 bits per heavy atom. The Morgan fingerprint density at radius 3 is 2.62 bits per heavy atom. The summed E-state index contributed by atoms with van der Waals surface area (Å²) in [5, 5.41) is 9.15. The van der Waals surface area contributed by atoms with Crippen LogP contribution in [0.4, 0.5) is 0 Å². The molecule has 0 spiro atoms. The van der Waals surface area contributed by atoms with E-state index < -0.39 is 16.1 Å². The van der Waals surface area contributed by atoms with Gasteiger partial charge in [0, 0.05) is 11.1 Å². The van der Waals surface area contributed by atoms with E-state index in [0.29, 0.717) is 0 Å². The van der Waals surface area contributed by atoms with Crippen molar-refractivity contribution in [2.75, 3.05) is 6.61 Å². The monoisotopic (exact) mass is 283 g/mol. The van der Waals surface area contributed by atoms with Crippen LogP contribution in [0.5, 0.6) is 0 Å². The molecule has 0 unspecified atom stereocenters. The lowest BCUT2D eigenvalue weighted by Crippen LogP contribution is -2.35. The molecule has 7 heteroatoms. The molecule has 0 aliphatic rings. The summed E-state index contributed by atoms with van der Waals surface area (Å²) in [4.78, 5) is -0.0954. The third kappa shape index (κ3) is 3.33. The minimum absolute atomic E-state index is 0.0852. The van der Waals surface area contributed by atoms with Gasteiger partial charge in [0.2, 0.25) is 10.0 Å². The zero-order valence-corrected chi connectivity index (χ0v) is 10.8. The maximum atomic E-state index is 11.8. The Labute approximate surface area is 104 Å². The zero-order chi connectivity index (χ0) is 12.3. The lowest BCUT2D eigenvalue weighted by molar-refractivity contribution is 0.265. The summed E-state index contributed by atoms with van der Waals surface area (Å²) in [5.41, 5.74) is 0. The van der Waals surface area contributed by atoms with Crippen molar-refractivity contribution in [1.82, 2.24) is 4.72 Å². The molecular weight excluding hydrogens is 273 g/mol. The number of sulfonamides is 1. The molecule has 1 aromatic carbocycles. The first-order valence-electron chi connectivity index (χ1n) is 4.45. The van der Waals surface area contributed by atoms with Gasteiger partial charge >= 0.3 is 0 Å². The first-order chi connectivity index (χ1) is 7.36. The molecule has 4 nitrogen and oxygen atoms in total. The molecule has 0 radical (unpaired) electrons. The molecule has 0 aromatic heterocycles. The molecular formula is C9H11Cl2NO3S. The van der Waals surface area contributed by atoms with Gasteiger partial charge in [0.1, 0.15) is 4.90 Å². The first kappa shape index (κ1) is 13.7. The fourth-order valence-electron chi connectivity index (χ4n) is 1.05. The van der Waals surface area contributed by atoms with Crippen molar-refractivity contribution < 1.29 is 13.5 Å². The summed E-state index contributed by atoms with van der Waals surface area (Å²) in [6, 6.07) is 3.58. The normalized spacial score (nSPS) is 13.8. The maximum Gasteiger partial charge on any atom is 0.242 e. The number of benzene rings is 1. The fraction of sp³-hybridized carbons (Fsp3) is 0.333. The van der Waals surface area contributed by atoms with Gasteiger partial charge in [0.15, 0.2) is 0 Å². The van der Waals surface area contributed by atoms with E-state index in [1.165, 1.54) is 25.1 Å². The van der Waals surface area contributed by atoms with Crippen LogP contribution in [0.3, 0.4) is 0 Å². The van der Waals surface area contributed by atoms with Gasteiger partial charge in [-0.2, -0.15) is 0 Å². The highest BCUT2D eigenvalue weighted by atomic mass is 35.5. The quantitative estimate of drug-likeness (QED) is 0.883. The molecule has 0 amide bonds. The SMILES string of the molecule is C[C@@H](CO)NS(=O)(=O)c1cc(Cl)ccc1Cl. The molecule has 1 aromatic rings. The van der Waals surface area contributed by atoms with E-state index >= 15 is 0 Å². The summed E-state index contributed by atoms with van der Waals surface area (Å²) >= 11 is 11.5. The minimum atomic E-state index is -3.75. The Morgan fingerprint density at radius 1 is 1.44 bits per heavy atom. The van der Waals surface area contributed by atoms with Crippen LogP contribution in [0.2, 0.25) is 10.0 Å². The Bertz CT molecular complexity index is 476. The van der Waals surface area contributed by atoms with E-state index in [1.807, 2.05) is 0 Å². The van der Waals surface area contributed by atoms with Gasteiger partial charge in [-0.25, -0.2) is 13.1 Å². The van der Waals surface area contributed by atoms with Crippen molar-refractivity contribution in [3.05, 3.63) is 28.2 Å². The average Bonchev–Trinajstić information content (AvgIpc) is 2.20. The largest absolute Gasteiger partial charge is 0.395 e. The third-order valence-electron chi connectivity index (χ3n) is 1.81. The zero-order valence-electron chi connectivity index (χ0n) is 8.44. The lowest BCUT2D eigenvalue weighted by Gasteiger charge is -2.12. The second-order valence-corrected chi connectivity index (χ2v) is 5.81. The van der Waals surface area contributed by atoms with Crippen molar-refractivity contribution in [3.8, 4) is 0 Å². The van der Waals surface area contributed by atoms with Gasteiger partial charge in [0.25, 0.3) is 0 Å². The molecule has 16 heavy (non-hydrogen) atoms. The molecule has 0 saturated carbocycles. The standard InChI is InChI=1S/C9H11Cl2NO3S/c1-6(5-13)12-16(14,15)9-4-7(10)2-3-8(9)11/h2-4,6,12-13H,5H2,1H3/t6-/m0/s1. The maximum absolute atomic E-state index is 11.8. The van der Waals surface area contributed by atoms with Crippen LogP contribution in [-0.4, -0.2) is 26.2 Å². The van der Waals surface area contributed by atoms with E-state index in [0.717, 1.165) is 0 Å². The van der Waals surface area contributed by atoms with Crippen molar-refractivity contribution >= 4 is 33.2 Å². The number of hydrogen-bond acceptors (Lipinski definition) is 3. The molecule has 0 bridgehead atoms. The molecule has 0 aliphatic carbocycles. The summed E-state index contributed by atoms with van der Waals surface area (Å²) in [6.07, 6.45) is 0. The predicted molar refractivity (Wildman–Crippen MR) is 63.3 cm³/mol. The van der Waals surface area contributed by atoms with Gasteiger partial charge in [-0.15, -0.1) is 0 Å². The lowest BCUT2D eigenvalue weighted by atomic mass is 10.4. The highest BCUT2D eigenvalue weighted by Crippen LogP contribution is 2.24. The molecule has 0 fully saturated rings. The Hall–Kier alpha value is -0.330. The predicted octanol–water partition coefficient (Wildman–Crippen LogP) is 1.65. The highest BCUT2D eigenvalue weighted by molar-refractivity contribution is 7.89. The molecule has 0 saturated heterocycles. The molecule has 0 aliphatic heterocycles. The van der Waals surface area contributed by atoms with Crippen molar-refractivity contribution in [3.63, 3.8) is 0 Å². The van der Waals surface area contributed by atoms with Crippen molar-refractivity contribution in [2.24, 2.45) is 0 Å². The van der Waals surface area contributed by atoms with Crippen LogP contribution in [0.15, 0.2) is 23.1 Å². The van der Waals surface area contributed by atoms with Gasteiger partial charge in [-0.1, -0.05) is 23.2 Å². The van der Waals surface area contributed by atoms with Gasteiger partial charge in [-0.3, -0.25) is 0 Å². The van der Waals surface area contributed by atoms with E-state index in [1.54, 1.807) is 0 Å². The highest BCUT2D eigenvalue weighted by Gasteiger charge is 2.20.